The van der Waals surface area contributed by atoms with Gasteiger partial charge in [0.25, 0.3) is 0 Å². The summed E-state index contributed by atoms with van der Waals surface area (Å²) in [4.78, 5) is 0. The molecule has 0 amide bonds. The Hall–Kier alpha value is -0.820. The molecule has 1 heteroatoms. The summed E-state index contributed by atoms with van der Waals surface area (Å²) < 4.78 is 0. The summed E-state index contributed by atoms with van der Waals surface area (Å²) in [6.07, 6.45) is 13.0. The first-order chi connectivity index (χ1) is 9.92. The molecule has 0 radical (unpaired) electrons. The summed E-state index contributed by atoms with van der Waals surface area (Å²) in [5.74, 6) is 1.68. The maximum Gasteiger partial charge on any atom is 0.00684 e. The summed E-state index contributed by atoms with van der Waals surface area (Å²) in [5.41, 5.74) is 1.55. The van der Waals surface area contributed by atoms with Crippen molar-refractivity contribution in [1.82, 2.24) is 5.32 Å². The van der Waals surface area contributed by atoms with E-state index < -0.39 is 0 Å². The van der Waals surface area contributed by atoms with Crippen molar-refractivity contribution < 1.29 is 0 Å². The summed E-state index contributed by atoms with van der Waals surface area (Å²) >= 11 is 0. The lowest BCUT2D eigenvalue weighted by Gasteiger charge is -2.23. The van der Waals surface area contributed by atoms with Gasteiger partial charge in [0.1, 0.15) is 0 Å². The zero-order valence-corrected chi connectivity index (χ0v) is 12.7. The van der Waals surface area contributed by atoms with Crippen molar-refractivity contribution in [2.45, 2.75) is 69.7 Å². The predicted molar refractivity (Wildman–Crippen MR) is 86.0 cm³/mol. The molecule has 1 aromatic rings. The minimum atomic E-state index is 0.722. The SMILES string of the molecule is c1ccc(C(CNC2CC2)CC2CCCCCC2)cc1. The fourth-order valence-corrected chi connectivity index (χ4v) is 3.66. The van der Waals surface area contributed by atoms with Gasteiger partial charge in [-0.25, -0.2) is 0 Å². The van der Waals surface area contributed by atoms with E-state index in [0.29, 0.717) is 0 Å². The molecule has 1 atom stereocenters. The zero-order valence-electron chi connectivity index (χ0n) is 12.7. The van der Waals surface area contributed by atoms with Crippen molar-refractivity contribution in [3.05, 3.63) is 35.9 Å². The van der Waals surface area contributed by atoms with Crippen LogP contribution in [0.1, 0.15) is 69.3 Å². The van der Waals surface area contributed by atoms with Crippen molar-refractivity contribution >= 4 is 0 Å². The standard InChI is InChI=1S/C19H29N/c1-2-5-9-16(8-4-1)14-18(15-20-19-12-13-19)17-10-6-3-7-11-17/h3,6-7,10-11,16,18-20H,1-2,4-5,8-9,12-15H2. The molecule has 110 valence electrons. The highest BCUT2D eigenvalue weighted by molar-refractivity contribution is 5.20. The first kappa shape index (κ1) is 14.1. The van der Waals surface area contributed by atoms with E-state index in [4.69, 9.17) is 0 Å². The van der Waals surface area contributed by atoms with Crippen LogP contribution in [0.15, 0.2) is 30.3 Å². The molecule has 0 bridgehead atoms. The van der Waals surface area contributed by atoms with Crippen molar-refractivity contribution in [2.24, 2.45) is 5.92 Å². The molecule has 0 heterocycles. The van der Waals surface area contributed by atoms with Gasteiger partial charge >= 0.3 is 0 Å². The molecule has 1 nitrogen and oxygen atoms in total. The normalized spacial score (nSPS) is 22.4. The molecule has 1 aromatic carbocycles. The Kier molecular flexibility index (Phi) is 5.13. The second kappa shape index (κ2) is 7.26. The average Bonchev–Trinajstić information content (AvgIpc) is 3.32. The van der Waals surface area contributed by atoms with E-state index in [9.17, 15) is 0 Å². The molecule has 0 aliphatic heterocycles. The molecule has 1 N–H and O–H groups in total. The third kappa shape index (κ3) is 4.34. The minimum Gasteiger partial charge on any atom is -0.313 e. The van der Waals surface area contributed by atoms with Crippen LogP contribution in [0.3, 0.4) is 0 Å². The lowest BCUT2D eigenvalue weighted by Crippen LogP contribution is -2.25. The second-order valence-electron chi connectivity index (χ2n) is 6.88. The molecule has 3 rings (SSSR count). The summed E-state index contributed by atoms with van der Waals surface area (Å²) in [6.45, 7) is 1.19. The molecule has 0 spiro atoms. The molecule has 2 aliphatic rings. The Morgan fingerprint density at radius 2 is 1.60 bits per heavy atom. The van der Waals surface area contributed by atoms with Crippen LogP contribution in [-0.2, 0) is 0 Å². The molecule has 2 fully saturated rings. The fourth-order valence-electron chi connectivity index (χ4n) is 3.66. The van der Waals surface area contributed by atoms with Crippen LogP contribution >= 0.6 is 0 Å². The van der Waals surface area contributed by atoms with E-state index >= 15 is 0 Å². The van der Waals surface area contributed by atoms with Crippen LogP contribution in [0.25, 0.3) is 0 Å². The molecule has 0 aromatic heterocycles. The van der Waals surface area contributed by atoms with Crippen LogP contribution < -0.4 is 5.32 Å². The van der Waals surface area contributed by atoms with Gasteiger partial charge in [0.05, 0.1) is 0 Å². The maximum atomic E-state index is 3.76. The second-order valence-corrected chi connectivity index (χ2v) is 6.88. The summed E-state index contributed by atoms with van der Waals surface area (Å²) in [7, 11) is 0. The van der Waals surface area contributed by atoms with E-state index in [1.54, 1.807) is 5.56 Å². The lowest BCUT2D eigenvalue weighted by atomic mass is 9.85. The smallest absolute Gasteiger partial charge is 0.00684 e. The van der Waals surface area contributed by atoms with Gasteiger partial charge in [0.15, 0.2) is 0 Å². The van der Waals surface area contributed by atoms with Gasteiger partial charge in [-0.3, -0.25) is 0 Å². The van der Waals surface area contributed by atoms with Gasteiger partial charge in [-0.15, -0.1) is 0 Å². The Morgan fingerprint density at radius 3 is 2.25 bits per heavy atom. The van der Waals surface area contributed by atoms with Crippen LogP contribution in [-0.4, -0.2) is 12.6 Å². The van der Waals surface area contributed by atoms with Gasteiger partial charge < -0.3 is 5.32 Å². The molecule has 2 saturated carbocycles. The summed E-state index contributed by atoms with van der Waals surface area (Å²) in [5, 5.41) is 3.76. The van der Waals surface area contributed by atoms with Crippen molar-refractivity contribution in [1.29, 1.82) is 0 Å². The Labute approximate surface area is 124 Å². The molecular formula is C19H29N. The van der Waals surface area contributed by atoms with Gasteiger partial charge in [0.2, 0.25) is 0 Å². The highest BCUT2D eigenvalue weighted by atomic mass is 14.9. The van der Waals surface area contributed by atoms with Gasteiger partial charge in [0, 0.05) is 12.6 Å². The molecule has 0 saturated heterocycles. The van der Waals surface area contributed by atoms with E-state index in [-0.39, 0.29) is 0 Å². The number of nitrogens with one attached hydrogen (secondary N) is 1. The number of benzene rings is 1. The maximum absolute atomic E-state index is 3.76. The zero-order chi connectivity index (χ0) is 13.6. The highest BCUT2D eigenvalue weighted by Crippen LogP contribution is 2.32. The average molecular weight is 271 g/mol. The topological polar surface area (TPSA) is 12.0 Å². The highest BCUT2D eigenvalue weighted by Gasteiger charge is 2.24. The Morgan fingerprint density at radius 1 is 0.900 bits per heavy atom. The van der Waals surface area contributed by atoms with Crippen molar-refractivity contribution in [3.8, 4) is 0 Å². The molecule has 2 aliphatic carbocycles. The van der Waals surface area contributed by atoms with E-state index in [2.05, 4.69) is 35.6 Å². The molecule has 20 heavy (non-hydrogen) atoms. The number of hydrogen-bond acceptors (Lipinski definition) is 1. The van der Waals surface area contributed by atoms with E-state index in [1.165, 1.54) is 64.3 Å². The van der Waals surface area contributed by atoms with Crippen LogP contribution in [0.5, 0.6) is 0 Å². The van der Waals surface area contributed by atoms with E-state index in [1.807, 2.05) is 0 Å². The third-order valence-electron chi connectivity index (χ3n) is 5.09. The predicted octanol–water partition coefficient (Wildman–Crippen LogP) is 4.88. The quantitative estimate of drug-likeness (QED) is 0.727. The van der Waals surface area contributed by atoms with E-state index in [0.717, 1.165) is 17.9 Å². The Bertz CT molecular complexity index is 374. The largest absolute Gasteiger partial charge is 0.313 e. The fraction of sp³-hybridized carbons (Fsp3) is 0.684. The first-order valence-corrected chi connectivity index (χ1v) is 8.70. The molecular weight excluding hydrogens is 242 g/mol. The monoisotopic (exact) mass is 271 g/mol. The van der Waals surface area contributed by atoms with Crippen LogP contribution in [0, 0.1) is 5.92 Å². The van der Waals surface area contributed by atoms with Crippen molar-refractivity contribution in [2.75, 3.05) is 6.54 Å². The van der Waals surface area contributed by atoms with Gasteiger partial charge in [-0.2, -0.15) is 0 Å². The van der Waals surface area contributed by atoms with Gasteiger partial charge in [-0.1, -0.05) is 68.9 Å². The van der Waals surface area contributed by atoms with Crippen LogP contribution in [0.2, 0.25) is 0 Å². The minimum absolute atomic E-state index is 0.722. The first-order valence-electron chi connectivity index (χ1n) is 8.70. The van der Waals surface area contributed by atoms with Crippen LogP contribution in [0.4, 0.5) is 0 Å². The van der Waals surface area contributed by atoms with Gasteiger partial charge in [-0.05, 0) is 36.7 Å². The lowest BCUT2D eigenvalue weighted by molar-refractivity contribution is 0.379. The number of rotatable bonds is 6. The van der Waals surface area contributed by atoms with Crippen molar-refractivity contribution in [3.63, 3.8) is 0 Å². The number of hydrogen-bond donors (Lipinski definition) is 1. The summed E-state index contributed by atoms with van der Waals surface area (Å²) in [6, 6.07) is 12.0. The Balaban J connectivity index is 1.60. The molecule has 1 unspecified atom stereocenters. The third-order valence-corrected chi connectivity index (χ3v) is 5.09.